The molecule has 4 heterocycles. The standard InChI is InChI=1S/C36H28N3O.C11H20O2.Ir/c1-20-8-6-9-21(2)34(20)31-15-13-25-17-29(22(3)16-32(25)39-31)30-18-33(37-19-23(30)4)28-11-7-10-26-27-14-12-24(5)38-36(27)40-35(26)28;1-10(2,3)8(12)7-9(13)11(4,5)6;/h6-10,12-19H,1-5H3;7,12H,1-6H3;/q-1;;/b;8-7-;. The van der Waals surface area contributed by atoms with Gasteiger partial charge in [0.25, 0.3) is 0 Å². The summed E-state index contributed by atoms with van der Waals surface area (Å²) >= 11 is 0. The fraction of sp³-hybridized carbons (Fsp3) is 0.277. The molecule has 0 atom stereocenters. The number of aliphatic hydroxyl groups excluding tert-OH is 1. The summed E-state index contributed by atoms with van der Waals surface area (Å²) in [6.45, 7) is 21.6. The van der Waals surface area contributed by atoms with E-state index in [1.54, 1.807) is 0 Å². The maximum Gasteiger partial charge on any atom is 0.216 e. The first-order valence-corrected chi connectivity index (χ1v) is 18.0. The van der Waals surface area contributed by atoms with Crippen LogP contribution in [0.25, 0.3) is 66.6 Å². The van der Waals surface area contributed by atoms with E-state index in [9.17, 15) is 9.90 Å². The largest absolute Gasteiger partial charge is 0.512 e. The van der Waals surface area contributed by atoms with Crippen molar-refractivity contribution in [2.24, 2.45) is 10.8 Å². The molecular formula is C47H48IrN3O3-. The number of benzene rings is 3. The van der Waals surface area contributed by atoms with Gasteiger partial charge in [-0.25, -0.2) is 9.97 Å². The molecule has 1 N–H and O–H groups in total. The molecule has 6 nitrogen and oxygen atoms in total. The Balaban J connectivity index is 0.000000346. The molecule has 0 saturated carbocycles. The van der Waals surface area contributed by atoms with E-state index in [1.165, 1.54) is 33.9 Å². The second-order valence-corrected chi connectivity index (χ2v) is 16.1. The number of hydrogen-bond acceptors (Lipinski definition) is 6. The first-order chi connectivity index (χ1) is 24.9. The fourth-order valence-corrected chi connectivity index (χ4v) is 6.34. The van der Waals surface area contributed by atoms with Crippen LogP contribution in [0.5, 0.6) is 0 Å². The van der Waals surface area contributed by atoms with E-state index in [-0.39, 0.29) is 37.1 Å². The summed E-state index contributed by atoms with van der Waals surface area (Å²) in [5, 5.41) is 12.7. The van der Waals surface area contributed by atoms with E-state index >= 15 is 0 Å². The van der Waals surface area contributed by atoms with Gasteiger partial charge in [-0.3, -0.25) is 4.79 Å². The number of furan rings is 1. The minimum atomic E-state index is -0.417. The van der Waals surface area contributed by atoms with Gasteiger partial charge in [0.05, 0.1) is 16.8 Å². The number of carbonyl (C=O) groups is 1. The smallest absolute Gasteiger partial charge is 0.216 e. The molecule has 0 amide bonds. The molecule has 4 aromatic heterocycles. The Labute approximate surface area is 332 Å². The molecule has 3 aromatic carbocycles. The van der Waals surface area contributed by atoms with Gasteiger partial charge in [-0.1, -0.05) is 82.8 Å². The Morgan fingerprint density at radius 3 is 2.09 bits per heavy atom. The normalized spacial score (nSPS) is 12.1. The number of pyridine rings is 3. The van der Waals surface area contributed by atoms with Crippen molar-refractivity contribution in [2.75, 3.05) is 0 Å². The number of fused-ring (bicyclic) bond motifs is 4. The maximum atomic E-state index is 11.5. The van der Waals surface area contributed by atoms with Crippen molar-refractivity contribution in [1.82, 2.24) is 15.0 Å². The van der Waals surface area contributed by atoms with Crippen LogP contribution in [0.2, 0.25) is 0 Å². The van der Waals surface area contributed by atoms with Crippen LogP contribution < -0.4 is 0 Å². The van der Waals surface area contributed by atoms with E-state index in [0.29, 0.717) is 5.71 Å². The zero-order valence-corrected chi connectivity index (χ0v) is 35.4. The van der Waals surface area contributed by atoms with E-state index in [1.807, 2.05) is 72.9 Å². The molecule has 0 aliphatic rings. The molecule has 0 bridgehead atoms. The Kier molecular flexibility index (Phi) is 11.5. The molecule has 7 rings (SSSR count). The van der Waals surface area contributed by atoms with Gasteiger partial charge in [-0.05, 0) is 104 Å². The van der Waals surface area contributed by atoms with E-state index in [4.69, 9.17) is 14.4 Å². The topological polar surface area (TPSA) is 89.1 Å². The number of aryl methyl sites for hydroxylation is 5. The minimum absolute atomic E-state index is 0. The van der Waals surface area contributed by atoms with Gasteiger partial charge >= 0.3 is 0 Å². The van der Waals surface area contributed by atoms with Crippen molar-refractivity contribution >= 4 is 38.8 Å². The van der Waals surface area contributed by atoms with Crippen LogP contribution in [-0.4, -0.2) is 25.8 Å². The number of allylic oxidation sites excluding steroid dienone is 2. The summed E-state index contributed by atoms with van der Waals surface area (Å²) in [5.74, 6) is 0.104. The number of carbonyl (C=O) groups excluding carboxylic acids is 1. The Morgan fingerprint density at radius 2 is 1.43 bits per heavy atom. The quantitative estimate of drug-likeness (QED) is 0.108. The van der Waals surface area contributed by atoms with Gasteiger partial charge in [0, 0.05) is 65.2 Å². The predicted molar refractivity (Wildman–Crippen MR) is 218 cm³/mol. The summed E-state index contributed by atoms with van der Waals surface area (Å²) in [6.07, 6.45) is 3.27. The van der Waals surface area contributed by atoms with Gasteiger partial charge in [-0.15, -0.1) is 18.2 Å². The molecule has 0 unspecified atom stereocenters. The Morgan fingerprint density at radius 1 is 0.741 bits per heavy atom. The van der Waals surface area contributed by atoms with Gasteiger partial charge in [0.1, 0.15) is 5.76 Å². The van der Waals surface area contributed by atoms with Gasteiger partial charge in [0.2, 0.25) is 5.71 Å². The Hall–Kier alpha value is -4.97. The van der Waals surface area contributed by atoms with Crippen LogP contribution in [0, 0.1) is 51.5 Å². The minimum Gasteiger partial charge on any atom is -0.512 e. The van der Waals surface area contributed by atoms with Crippen LogP contribution in [0.4, 0.5) is 0 Å². The van der Waals surface area contributed by atoms with Crippen LogP contribution in [0.3, 0.4) is 0 Å². The zero-order valence-electron chi connectivity index (χ0n) is 33.0. The SMILES string of the molecule is CC(C)(C)C(=O)/C=C(\O)C(C)(C)C.Cc1ccc2c(n1)oc1c(-c3cc(-c4cc5ccc(-c6c(C)cccc6C)nc5cc4C)c(C)cn3)[c-]ccc12.[Ir]. The molecule has 0 saturated heterocycles. The van der Waals surface area contributed by atoms with E-state index < -0.39 is 5.41 Å². The van der Waals surface area contributed by atoms with E-state index in [0.717, 1.165) is 61.0 Å². The third-order valence-corrected chi connectivity index (χ3v) is 9.64. The van der Waals surface area contributed by atoms with Gasteiger partial charge in [0.15, 0.2) is 5.78 Å². The number of ketones is 1. The number of aliphatic hydroxyl groups is 1. The van der Waals surface area contributed by atoms with E-state index in [2.05, 4.69) is 93.3 Å². The summed E-state index contributed by atoms with van der Waals surface area (Å²) < 4.78 is 6.25. The summed E-state index contributed by atoms with van der Waals surface area (Å²) in [7, 11) is 0. The number of nitrogens with zero attached hydrogens (tertiary/aromatic N) is 3. The molecule has 7 heteroatoms. The Bertz CT molecular complexity index is 2550. The zero-order chi connectivity index (χ0) is 38.4. The first-order valence-electron chi connectivity index (χ1n) is 18.0. The monoisotopic (exact) mass is 895 g/mol. The fourth-order valence-electron chi connectivity index (χ4n) is 6.34. The molecule has 0 aliphatic carbocycles. The average Bonchev–Trinajstić information content (AvgIpc) is 3.45. The van der Waals surface area contributed by atoms with Gasteiger partial charge < -0.3 is 14.5 Å². The van der Waals surface area contributed by atoms with Crippen molar-refractivity contribution in [3.8, 4) is 33.6 Å². The van der Waals surface area contributed by atoms with Crippen molar-refractivity contribution in [1.29, 1.82) is 0 Å². The van der Waals surface area contributed by atoms with Crippen molar-refractivity contribution < 1.29 is 34.4 Å². The van der Waals surface area contributed by atoms with Crippen LogP contribution in [0.1, 0.15) is 69.5 Å². The summed E-state index contributed by atoms with van der Waals surface area (Å²) in [5.41, 5.74) is 13.5. The molecule has 54 heavy (non-hydrogen) atoms. The third-order valence-electron chi connectivity index (χ3n) is 9.64. The molecular weight excluding hydrogens is 847 g/mol. The predicted octanol–water partition coefficient (Wildman–Crippen LogP) is 12.4. The van der Waals surface area contributed by atoms with Crippen molar-refractivity contribution in [2.45, 2.75) is 76.2 Å². The summed E-state index contributed by atoms with van der Waals surface area (Å²) in [4.78, 5) is 26.0. The molecule has 7 aromatic rings. The number of aromatic nitrogens is 3. The molecule has 0 aliphatic heterocycles. The molecule has 279 valence electrons. The van der Waals surface area contributed by atoms with Crippen molar-refractivity contribution in [3.05, 3.63) is 125 Å². The molecule has 0 spiro atoms. The van der Waals surface area contributed by atoms with Gasteiger partial charge in [-0.2, -0.15) is 0 Å². The third kappa shape index (κ3) is 8.23. The van der Waals surface area contributed by atoms with Crippen LogP contribution in [0.15, 0.2) is 95.2 Å². The number of hydrogen-bond donors (Lipinski definition) is 1. The molecule has 1 radical (unpaired) electrons. The second-order valence-electron chi connectivity index (χ2n) is 16.1. The average molecular weight is 895 g/mol. The number of rotatable bonds is 4. The second kappa shape index (κ2) is 15.4. The molecule has 0 fully saturated rings. The summed E-state index contributed by atoms with van der Waals surface area (Å²) in [6, 6.07) is 28.7. The van der Waals surface area contributed by atoms with Crippen LogP contribution in [-0.2, 0) is 24.9 Å². The van der Waals surface area contributed by atoms with Crippen LogP contribution >= 0.6 is 0 Å². The first kappa shape index (κ1) is 40.2. The maximum absolute atomic E-state index is 11.5. The van der Waals surface area contributed by atoms with Crippen molar-refractivity contribution in [3.63, 3.8) is 0 Å².